The molecule has 0 aromatic heterocycles. The molecule has 1 aliphatic carbocycles. The van der Waals surface area contributed by atoms with Crippen molar-refractivity contribution in [2.24, 2.45) is 0 Å². The first-order chi connectivity index (χ1) is 20.1. The van der Waals surface area contributed by atoms with Crippen LogP contribution in [0.25, 0.3) is 0 Å². The number of benzene rings is 3. The number of hydrogen-bond acceptors (Lipinski definition) is 7. The van der Waals surface area contributed by atoms with Gasteiger partial charge in [0.25, 0.3) is 11.8 Å². The number of likely N-dealkylation sites (tertiary alicyclic amines) is 1. The Morgan fingerprint density at radius 3 is 2.38 bits per heavy atom. The van der Waals surface area contributed by atoms with Gasteiger partial charge >= 0.3 is 0 Å². The van der Waals surface area contributed by atoms with Gasteiger partial charge in [-0.15, -0.1) is 11.8 Å². The normalized spacial score (nSPS) is 26.7. The van der Waals surface area contributed by atoms with Gasteiger partial charge in [-0.1, -0.05) is 66.7 Å². The number of phenols is 1. The third kappa shape index (κ3) is 4.37. The largest absolute Gasteiger partial charge is 0.508 e. The Kier molecular flexibility index (Phi) is 6.86. The molecule has 3 N–H and O–H groups in total. The molecule has 3 fully saturated rings. The van der Waals surface area contributed by atoms with Crippen molar-refractivity contribution in [3.63, 3.8) is 0 Å². The van der Waals surface area contributed by atoms with Crippen molar-refractivity contribution < 1.29 is 29.4 Å². The minimum Gasteiger partial charge on any atom is -0.508 e. The number of Topliss-reactive ketones (excluding diaryl/α,β-unsaturated/α-hetero) is 1. The minimum atomic E-state index is -1.62. The van der Waals surface area contributed by atoms with Gasteiger partial charge in [0.05, 0.1) is 18.0 Å². The van der Waals surface area contributed by atoms with Crippen LogP contribution >= 0.6 is 11.8 Å². The molecule has 0 radical (unpaired) electrons. The van der Waals surface area contributed by atoms with Crippen molar-refractivity contribution in [2.75, 3.05) is 12.4 Å². The summed E-state index contributed by atoms with van der Waals surface area (Å²) in [6, 6.07) is 21.9. The van der Waals surface area contributed by atoms with E-state index in [-0.39, 0.29) is 41.3 Å². The van der Waals surface area contributed by atoms with Crippen LogP contribution < -0.4 is 5.32 Å². The summed E-state index contributed by atoms with van der Waals surface area (Å²) in [5, 5.41) is 24.7. The van der Waals surface area contributed by atoms with Crippen LogP contribution in [0.1, 0.15) is 51.1 Å². The van der Waals surface area contributed by atoms with Crippen LogP contribution in [-0.2, 0) is 9.59 Å². The average Bonchev–Trinajstić information content (AvgIpc) is 3.64. The Bertz CT molecular complexity index is 1580. The molecule has 2 saturated heterocycles. The Morgan fingerprint density at radius 2 is 1.69 bits per heavy atom. The number of aliphatic hydroxyl groups is 1. The summed E-state index contributed by atoms with van der Waals surface area (Å²) in [5.41, 5.74) is 0.698. The number of β-lactam (4-membered cyclic amide) rings is 1. The predicted molar refractivity (Wildman–Crippen MR) is 157 cm³/mol. The highest BCUT2D eigenvalue weighted by molar-refractivity contribution is 8.01. The lowest BCUT2D eigenvalue weighted by Gasteiger charge is -2.52. The number of phenolic OH excluding ortho intramolecular Hbond substituents is 1. The van der Waals surface area contributed by atoms with E-state index < -0.39 is 34.4 Å². The van der Waals surface area contributed by atoms with Gasteiger partial charge < -0.3 is 25.3 Å². The Morgan fingerprint density at radius 1 is 1.02 bits per heavy atom. The maximum atomic E-state index is 13.9. The van der Waals surface area contributed by atoms with Crippen LogP contribution in [0.3, 0.4) is 0 Å². The van der Waals surface area contributed by atoms with E-state index >= 15 is 0 Å². The molecule has 3 aliphatic rings. The number of carbonyl (C=O) groups excluding carboxylic acids is 4. The van der Waals surface area contributed by atoms with E-state index in [0.29, 0.717) is 17.5 Å². The second-order valence-electron chi connectivity index (χ2n) is 11.3. The summed E-state index contributed by atoms with van der Waals surface area (Å²) >= 11 is 1.37. The van der Waals surface area contributed by atoms with Crippen molar-refractivity contribution >= 4 is 35.3 Å². The van der Waals surface area contributed by atoms with Crippen molar-refractivity contribution in [3.8, 4) is 5.75 Å². The zero-order valence-corrected chi connectivity index (χ0v) is 24.0. The van der Waals surface area contributed by atoms with Gasteiger partial charge in [-0.2, -0.15) is 0 Å². The summed E-state index contributed by atoms with van der Waals surface area (Å²) in [6.45, 7) is 3.35. The van der Waals surface area contributed by atoms with E-state index in [0.717, 1.165) is 5.56 Å². The zero-order valence-electron chi connectivity index (χ0n) is 23.2. The molecular formula is C32H31N3O6S. The first kappa shape index (κ1) is 28.0. The van der Waals surface area contributed by atoms with E-state index in [2.05, 4.69) is 5.32 Å². The maximum Gasteiger partial charge on any atom is 0.255 e. The molecule has 2 heterocycles. The van der Waals surface area contributed by atoms with E-state index in [1.54, 1.807) is 43.3 Å². The van der Waals surface area contributed by atoms with Gasteiger partial charge in [-0.3, -0.25) is 19.2 Å². The lowest BCUT2D eigenvalue weighted by molar-refractivity contribution is -0.166. The Labute approximate surface area is 247 Å². The van der Waals surface area contributed by atoms with E-state index in [4.69, 9.17) is 0 Å². The number of amides is 3. The molecule has 2 aliphatic heterocycles. The number of carbonyl (C=O) groups is 4. The molecule has 9 nitrogen and oxygen atoms in total. The average molecular weight is 586 g/mol. The standard InChI is InChI=1S/C32H31N3O6S/c1-19-22(14-9-15-24(19)36)28(39)33-32(16-23(32)20-10-5-3-6-11-20)27(38)30(41)34-18-42-31(2)26(34)29(40)35(31)17-25(37)21-12-7-4-8-13-21/h3-15,23,26-27,36,38H,16-18H2,1-2H3,(H,33,39)/t23-,26+,27+,31?,32+/m0/s1. The third-order valence-corrected chi connectivity index (χ3v) is 10.3. The van der Waals surface area contributed by atoms with Crippen LogP contribution in [0.5, 0.6) is 5.75 Å². The van der Waals surface area contributed by atoms with Gasteiger partial charge in [0.1, 0.15) is 16.7 Å². The van der Waals surface area contributed by atoms with E-state index in [1.165, 1.54) is 27.6 Å². The lowest BCUT2D eigenvalue weighted by atomic mass is 9.92. The van der Waals surface area contributed by atoms with Crippen LogP contribution in [0, 0.1) is 6.92 Å². The number of hydrogen-bond donors (Lipinski definition) is 3. The highest BCUT2D eigenvalue weighted by atomic mass is 32.2. The summed E-state index contributed by atoms with van der Waals surface area (Å²) in [7, 11) is 0. The Balaban J connectivity index is 1.23. The zero-order chi connectivity index (χ0) is 29.8. The number of nitrogens with one attached hydrogen (secondary N) is 1. The fraction of sp³-hybridized carbons (Fsp3) is 0.312. The second kappa shape index (κ2) is 10.3. The fourth-order valence-corrected chi connectivity index (χ4v) is 7.60. The van der Waals surface area contributed by atoms with Crippen LogP contribution in [0.2, 0.25) is 0 Å². The van der Waals surface area contributed by atoms with Crippen LogP contribution in [0.4, 0.5) is 0 Å². The second-order valence-corrected chi connectivity index (χ2v) is 12.6. The topological polar surface area (TPSA) is 127 Å². The number of nitrogens with zero attached hydrogens (tertiary/aromatic N) is 2. The number of aliphatic hydroxyl groups excluding tert-OH is 1. The molecule has 6 rings (SSSR count). The van der Waals surface area contributed by atoms with Crippen molar-refractivity contribution in [1.29, 1.82) is 0 Å². The monoisotopic (exact) mass is 585 g/mol. The van der Waals surface area contributed by atoms with Crippen molar-refractivity contribution in [3.05, 3.63) is 101 Å². The molecule has 5 atom stereocenters. The molecular weight excluding hydrogens is 554 g/mol. The molecule has 0 bridgehead atoms. The summed E-state index contributed by atoms with van der Waals surface area (Å²) < 4.78 is 0. The quantitative estimate of drug-likeness (QED) is 0.274. The molecule has 1 unspecified atom stereocenters. The predicted octanol–water partition coefficient (Wildman–Crippen LogP) is 3.06. The molecule has 42 heavy (non-hydrogen) atoms. The molecule has 0 spiro atoms. The van der Waals surface area contributed by atoms with Crippen molar-refractivity contribution in [2.45, 2.75) is 48.7 Å². The van der Waals surface area contributed by atoms with Crippen LogP contribution in [0.15, 0.2) is 78.9 Å². The molecule has 1 saturated carbocycles. The number of aromatic hydroxyl groups is 1. The van der Waals surface area contributed by atoms with E-state index in [9.17, 15) is 29.4 Å². The number of fused-ring (bicyclic) bond motifs is 1. The molecule has 10 heteroatoms. The molecule has 3 amide bonds. The van der Waals surface area contributed by atoms with Gasteiger partial charge in [-0.25, -0.2) is 0 Å². The Hall–Kier alpha value is -4.15. The molecule has 216 valence electrons. The lowest BCUT2D eigenvalue weighted by Crippen LogP contribution is -2.74. The summed E-state index contributed by atoms with van der Waals surface area (Å²) in [5.74, 6) is -1.92. The third-order valence-electron chi connectivity index (χ3n) is 8.85. The number of rotatable bonds is 8. The summed E-state index contributed by atoms with van der Waals surface area (Å²) in [6.07, 6.45) is -1.30. The number of thioether (sulfide) groups is 1. The highest BCUT2D eigenvalue weighted by Gasteiger charge is 2.68. The fourth-order valence-electron chi connectivity index (χ4n) is 6.23. The smallest absolute Gasteiger partial charge is 0.255 e. The number of ketones is 1. The van der Waals surface area contributed by atoms with Crippen LogP contribution in [-0.4, -0.2) is 78.5 Å². The van der Waals surface area contributed by atoms with Gasteiger partial charge in [0.15, 0.2) is 11.9 Å². The highest BCUT2D eigenvalue weighted by Crippen LogP contribution is 2.56. The maximum absolute atomic E-state index is 13.9. The molecule has 3 aromatic carbocycles. The minimum absolute atomic E-state index is 0.0316. The van der Waals surface area contributed by atoms with E-state index in [1.807, 2.05) is 43.3 Å². The van der Waals surface area contributed by atoms with Gasteiger partial charge in [0.2, 0.25) is 5.91 Å². The van der Waals surface area contributed by atoms with Crippen molar-refractivity contribution in [1.82, 2.24) is 15.1 Å². The molecule has 3 aromatic rings. The van der Waals surface area contributed by atoms with Gasteiger partial charge in [0, 0.05) is 22.6 Å². The SMILES string of the molecule is Cc1c(O)cccc1C(=O)N[C@]1([C@H](O)C(=O)N2CSC3(C)[C@H]2C(=O)N3CC(=O)c2ccccc2)C[C@H]1c1ccccc1. The van der Waals surface area contributed by atoms with Gasteiger partial charge in [-0.05, 0) is 38.0 Å². The summed E-state index contributed by atoms with van der Waals surface area (Å²) in [4.78, 5) is 55.6. The first-order valence-electron chi connectivity index (χ1n) is 13.8. The first-order valence-corrected chi connectivity index (χ1v) is 14.8.